The average molecular weight is 905 g/mol. The van der Waals surface area contributed by atoms with Gasteiger partial charge in [-0.25, -0.2) is 8.78 Å². The van der Waals surface area contributed by atoms with Crippen LogP contribution in [-0.4, -0.2) is 54.7 Å². The summed E-state index contributed by atoms with van der Waals surface area (Å²) in [5.74, 6) is 0.333. The van der Waals surface area contributed by atoms with E-state index in [0.29, 0.717) is 78.0 Å². The Bertz CT molecular complexity index is 2180. The second kappa shape index (κ2) is 18.8. The Morgan fingerprint density at radius 3 is 1.65 bits per heavy atom. The minimum absolute atomic E-state index is 0.0507. The fraction of sp³-hybridized carbons (Fsp3) is 0.231. The highest BCUT2D eigenvalue weighted by atomic mass is 79.9. The molecule has 2 atom stereocenters. The van der Waals surface area contributed by atoms with E-state index in [2.05, 4.69) is 15.9 Å². The van der Waals surface area contributed by atoms with Crippen LogP contribution in [-0.2, 0) is 30.2 Å². The van der Waals surface area contributed by atoms with Gasteiger partial charge in [-0.2, -0.15) is 8.42 Å². The van der Waals surface area contributed by atoms with Gasteiger partial charge in [0.2, 0.25) is 0 Å². The Kier molecular flexibility index (Phi) is 14.7. The zero-order chi connectivity index (χ0) is 39.2. The van der Waals surface area contributed by atoms with E-state index >= 15 is 0 Å². The van der Waals surface area contributed by atoms with Gasteiger partial charge in [-0.3, -0.25) is 4.18 Å². The molecule has 2 saturated heterocycles. The maximum Gasteiger partial charge on any atom is 0.297 e. The number of methoxy groups -OCH3 is 2. The molecule has 0 aliphatic carbocycles. The molecule has 7 nitrogen and oxygen atoms in total. The van der Waals surface area contributed by atoms with Crippen LogP contribution >= 0.6 is 62.3 Å². The zero-order valence-electron chi connectivity index (χ0n) is 29.0. The first-order valence-corrected chi connectivity index (χ1v) is 19.9. The Morgan fingerprint density at radius 2 is 1.19 bits per heavy atom. The smallest absolute Gasteiger partial charge is 0.297 e. The predicted molar refractivity (Wildman–Crippen MR) is 212 cm³/mol. The lowest BCUT2D eigenvalue weighted by Crippen LogP contribution is -2.10. The number of aryl methyl sites for hydroxylation is 1. The van der Waals surface area contributed by atoms with Crippen LogP contribution in [0.3, 0.4) is 0 Å². The van der Waals surface area contributed by atoms with Gasteiger partial charge in [0.1, 0.15) is 29.2 Å². The molecule has 5 aromatic rings. The van der Waals surface area contributed by atoms with Crippen LogP contribution in [0.2, 0.25) is 20.1 Å². The molecule has 15 heteroatoms. The number of hydrogen-bond acceptors (Lipinski definition) is 7. The summed E-state index contributed by atoms with van der Waals surface area (Å²) in [6.45, 7) is 3.29. The van der Waals surface area contributed by atoms with Crippen LogP contribution in [0.5, 0.6) is 11.5 Å². The second-order valence-electron chi connectivity index (χ2n) is 12.0. The van der Waals surface area contributed by atoms with E-state index < -0.39 is 15.9 Å². The molecule has 2 aliphatic heterocycles. The lowest BCUT2D eigenvalue weighted by Gasteiger charge is -2.16. The number of epoxide rings is 2. The van der Waals surface area contributed by atoms with Crippen LogP contribution < -0.4 is 9.47 Å². The van der Waals surface area contributed by atoms with Gasteiger partial charge in [-0.05, 0) is 83.5 Å². The highest BCUT2D eigenvalue weighted by Gasteiger charge is 2.28. The molecule has 0 N–H and O–H groups in total. The first-order valence-electron chi connectivity index (χ1n) is 16.2. The van der Waals surface area contributed by atoms with Gasteiger partial charge in [0, 0.05) is 34.2 Å². The van der Waals surface area contributed by atoms with Crippen molar-refractivity contribution in [2.45, 2.75) is 30.4 Å². The maximum atomic E-state index is 14.0. The molecule has 0 radical (unpaired) electrons. The van der Waals surface area contributed by atoms with Crippen LogP contribution in [0.4, 0.5) is 8.78 Å². The largest absolute Gasteiger partial charge is 0.496 e. The monoisotopic (exact) mass is 902 g/mol. The molecular formula is C39H33BrCl4F2O7S. The number of hydrogen-bond donors (Lipinski definition) is 0. The van der Waals surface area contributed by atoms with Crippen molar-refractivity contribution in [3.05, 3.63) is 132 Å². The summed E-state index contributed by atoms with van der Waals surface area (Å²) in [6, 6.07) is 22.4. The van der Waals surface area contributed by atoms with Gasteiger partial charge in [0.15, 0.2) is 0 Å². The van der Waals surface area contributed by atoms with E-state index in [0.717, 1.165) is 11.1 Å². The third-order valence-corrected chi connectivity index (χ3v) is 11.1. The number of halogens is 7. The minimum Gasteiger partial charge on any atom is -0.496 e. The number of ether oxygens (including phenoxy) is 4. The summed E-state index contributed by atoms with van der Waals surface area (Å²) in [5, 5.41) is 1.80. The lowest BCUT2D eigenvalue weighted by molar-refractivity contribution is 0.266. The predicted octanol–water partition coefficient (Wildman–Crippen LogP) is 11.4. The Balaban J connectivity index is 0.000000158. The number of rotatable bonds is 10. The van der Waals surface area contributed by atoms with E-state index in [1.807, 2.05) is 6.92 Å². The van der Waals surface area contributed by atoms with Crippen LogP contribution in [0.15, 0.2) is 94.3 Å². The van der Waals surface area contributed by atoms with Gasteiger partial charge in [-0.1, -0.05) is 76.2 Å². The molecule has 0 aromatic heterocycles. The zero-order valence-corrected chi connectivity index (χ0v) is 34.4. The Labute approximate surface area is 341 Å². The SMILES string of the molecule is COc1c(Br)cc(F)cc1-c1c(Cl)cccc1Cl.COc1c(C[C@H]2CO2)cc(F)cc1-c1c(Cl)cccc1Cl.Cc1ccc(S(=O)(=O)OC[C@@H]2CO2)cc1. The summed E-state index contributed by atoms with van der Waals surface area (Å²) in [4.78, 5) is 0.189. The van der Waals surface area contributed by atoms with Crippen molar-refractivity contribution in [3.8, 4) is 33.8 Å². The van der Waals surface area contributed by atoms with Gasteiger partial charge in [-0.15, -0.1) is 0 Å². The first-order chi connectivity index (χ1) is 25.7. The fourth-order valence-electron chi connectivity index (χ4n) is 5.23. The number of benzene rings is 5. The molecule has 5 aromatic carbocycles. The normalized spacial score (nSPS) is 15.7. The second-order valence-corrected chi connectivity index (χ2v) is 16.1. The topological polar surface area (TPSA) is 86.9 Å². The van der Waals surface area contributed by atoms with E-state index in [1.165, 1.54) is 31.4 Å². The molecule has 286 valence electrons. The standard InChI is InChI=1S/C16H13Cl2FO2.C13H8BrCl2FO.C10H12O4S/c1-20-16-9(6-11-8-21-11)5-10(19)7-12(16)15-13(17)3-2-4-14(15)18;1-18-13-8(5-7(17)6-9(13)14)12-10(15)3-2-4-11(12)16;1-8-2-4-10(5-3-8)15(11,12)14-7-9-6-13-9/h2-5,7,11H,6,8H2,1H3;2-6H,1H3;2-5,9H,6-7H2,1H3/t11-;;9-/m0.0/s1. The molecule has 7 rings (SSSR count). The van der Waals surface area contributed by atoms with Crippen LogP contribution in [0.25, 0.3) is 22.3 Å². The van der Waals surface area contributed by atoms with E-state index in [4.69, 9.17) is 69.5 Å². The van der Waals surface area contributed by atoms with E-state index in [-0.39, 0.29) is 29.5 Å². The van der Waals surface area contributed by atoms with Gasteiger partial charge in [0.05, 0.1) is 69.6 Å². The third-order valence-electron chi connectivity index (χ3n) is 7.98. The van der Waals surface area contributed by atoms with Gasteiger partial charge in [0.25, 0.3) is 10.1 Å². The third kappa shape index (κ3) is 11.1. The van der Waals surface area contributed by atoms with Gasteiger partial charge >= 0.3 is 0 Å². The first kappa shape index (κ1) is 42.2. The molecule has 2 aliphatic rings. The molecule has 0 spiro atoms. The van der Waals surface area contributed by atoms with Crippen molar-refractivity contribution in [2.75, 3.05) is 34.0 Å². The Morgan fingerprint density at radius 1 is 0.722 bits per heavy atom. The summed E-state index contributed by atoms with van der Waals surface area (Å²) >= 11 is 28.0. The van der Waals surface area contributed by atoms with E-state index in [9.17, 15) is 17.2 Å². The summed E-state index contributed by atoms with van der Waals surface area (Å²) in [7, 11) is -0.552. The minimum atomic E-state index is -3.61. The van der Waals surface area contributed by atoms with Crippen molar-refractivity contribution in [1.29, 1.82) is 0 Å². The van der Waals surface area contributed by atoms with Crippen molar-refractivity contribution in [2.24, 2.45) is 0 Å². The van der Waals surface area contributed by atoms with Crippen molar-refractivity contribution in [1.82, 2.24) is 0 Å². The molecule has 0 saturated carbocycles. The summed E-state index contributed by atoms with van der Waals surface area (Å²) in [5.41, 5.74) is 3.97. The van der Waals surface area contributed by atoms with Crippen molar-refractivity contribution < 1.29 is 40.3 Å². The van der Waals surface area contributed by atoms with Crippen LogP contribution in [0.1, 0.15) is 11.1 Å². The quantitative estimate of drug-likeness (QED) is 0.102. The highest BCUT2D eigenvalue weighted by molar-refractivity contribution is 9.10. The van der Waals surface area contributed by atoms with Crippen LogP contribution in [0, 0.1) is 18.6 Å². The fourth-order valence-corrected chi connectivity index (χ4v) is 7.96. The summed E-state index contributed by atoms with van der Waals surface area (Å²) in [6.07, 6.45) is 0.691. The molecule has 2 heterocycles. The molecular weight excluding hydrogens is 872 g/mol. The Hall–Kier alpha value is -2.97. The molecule has 2 fully saturated rings. The molecule has 0 amide bonds. The highest BCUT2D eigenvalue weighted by Crippen LogP contribution is 2.44. The maximum absolute atomic E-state index is 14.0. The van der Waals surface area contributed by atoms with E-state index in [1.54, 1.807) is 67.8 Å². The van der Waals surface area contributed by atoms with Crippen molar-refractivity contribution in [3.63, 3.8) is 0 Å². The molecule has 0 bridgehead atoms. The summed E-state index contributed by atoms with van der Waals surface area (Å²) < 4.78 is 76.9. The van der Waals surface area contributed by atoms with Crippen molar-refractivity contribution >= 4 is 72.5 Å². The van der Waals surface area contributed by atoms with Gasteiger partial charge < -0.3 is 18.9 Å². The lowest BCUT2D eigenvalue weighted by atomic mass is 9.98. The average Bonchev–Trinajstić information content (AvgIpc) is 4.05. The molecule has 54 heavy (non-hydrogen) atoms. The molecule has 0 unspecified atom stereocenters.